The number of phenols is 1. The molecule has 0 unspecified atom stereocenters. The third-order valence-corrected chi connectivity index (χ3v) is 7.47. The van der Waals surface area contributed by atoms with Gasteiger partial charge >= 0.3 is 0 Å². The highest BCUT2D eigenvalue weighted by atomic mass is 32.2. The third-order valence-electron chi connectivity index (χ3n) is 5.65. The zero-order valence-electron chi connectivity index (χ0n) is 17.8. The first-order valence-corrected chi connectivity index (χ1v) is 11.8. The molecular weight excluding hydrogens is 447 g/mol. The molecule has 10 heteroatoms. The highest BCUT2D eigenvalue weighted by Crippen LogP contribution is 2.44. The summed E-state index contributed by atoms with van der Waals surface area (Å²) >= 11 is 0. The second-order valence-electron chi connectivity index (χ2n) is 7.76. The van der Waals surface area contributed by atoms with Gasteiger partial charge in [0.15, 0.2) is 5.75 Å². The molecule has 3 aromatic rings. The number of anilines is 1. The van der Waals surface area contributed by atoms with Crippen LogP contribution in [0.3, 0.4) is 0 Å². The molecule has 170 valence electrons. The van der Waals surface area contributed by atoms with E-state index in [2.05, 4.69) is 9.83 Å². The molecule has 0 spiro atoms. The van der Waals surface area contributed by atoms with Crippen LogP contribution in [0.2, 0.25) is 0 Å². The zero-order valence-corrected chi connectivity index (χ0v) is 18.6. The number of rotatable bonds is 7. The molecule has 0 aliphatic carbocycles. The van der Waals surface area contributed by atoms with Crippen molar-refractivity contribution in [2.75, 3.05) is 23.7 Å². The molecule has 0 saturated heterocycles. The van der Waals surface area contributed by atoms with Gasteiger partial charge in [-0.25, -0.2) is 19.4 Å². The average Bonchev–Trinajstić information content (AvgIpc) is 3.11. The van der Waals surface area contributed by atoms with Gasteiger partial charge in [0, 0.05) is 43.7 Å². The lowest BCUT2D eigenvalue weighted by molar-refractivity contribution is 0.0764. The number of phenolic OH excluding ortho intramolecular Hbond substituents is 1. The fourth-order valence-corrected chi connectivity index (χ4v) is 5.29. The molecule has 2 aromatic carbocycles. The molecule has 1 aliphatic rings. The maximum atomic E-state index is 13.3. The van der Waals surface area contributed by atoms with E-state index in [4.69, 9.17) is 6.57 Å². The number of pyridine rings is 1. The van der Waals surface area contributed by atoms with Crippen LogP contribution in [0.5, 0.6) is 5.75 Å². The molecule has 0 bridgehead atoms. The summed E-state index contributed by atoms with van der Waals surface area (Å²) in [4.78, 5) is 22.1. The van der Waals surface area contributed by atoms with Gasteiger partial charge in [0.05, 0.1) is 17.0 Å². The summed E-state index contributed by atoms with van der Waals surface area (Å²) in [7, 11) is -2.40. The predicted octanol–water partition coefficient (Wildman–Crippen LogP) is 3.31. The van der Waals surface area contributed by atoms with Gasteiger partial charge in [0.2, 0.25) is 16.6 Å². The molecule has 0 radical (unpaired) electrons. The highest BCUT2D eigenvalue weighted by Gasteiger charge is 2.37. The van der Waals surface area contributed by atoms with Crippen LogP contribution in [0.25, 0.3) is 15.7 Å². The second kappa shape index (κ2) is 8.67. The molecular formula is C23H21FN4O4S. The Bertz CT molecular complexity index is 1380. The van der Waals surface area contributed by atoms with Crippen LogP contribution in [0, 0.1) is 12.4 Å². The van der Waals surface area contributed by atoms with Gasteiger partial charge in [-0.2, -0.15) is 0 Å². The Hall–Kier alpha value is -3.71. The van der Waals surface area contributed by atoms with Crippen LogP contribution < -0.4 is 4.31 Å². The number of hydrogen-bond acceptors (Lipinski definition) is 5. The monoisotopic (exact) mass is 468 g/mol. The van der Waals surface area contributed by atoms with Crippen molar-refractivity contribution in [3.8, 4) is 5.75 Å². The standard InChI is InChI=1S/C23H21FN4O4S/c1-25-10-4-12-33(31,32)27(2)21-17-5-3-11-26-20(17)22(29)19-18(21)14-28(23(19)30)13-15-6-8-16(24)9-7-15/h3,5-9,11,29H,4,10,12-14H2,2H3. The molecule has 0 saturated carbocycles. The number of hydrogen-bond donors (Lipinski definition) is 1. The Morgan fingerprint density at radius 1 is 1.27 bits per heavy atom. The summed E-state index contributed by atoms with van der Waals surface area (Å²) in [6, 6.07) is 9.01. The van der Waals surface area contributed by atoms with Crippen molar-refractivity contribution in [2.45, 2.75) is 19.5 Å². The van der Waals surface area contributed by atoms with E-state index < -0.39 is 21.7 Å². The molecule has 0 fully saturated rings. The summed E-state index contributed by atoms with van der Waals surface area (Å²) in [5.41, 5.74) is 1.51. The summed E-state index contributed by atoms with van der Waals surface area (Å²) < 4.78 is 40.4. The molecule has 1 amide bonds. The second-order valence-corrected chi connectivity index (χ2v) is 9.88. The number of nitrogens with zero attached hydrogens (tertiary/aromatic N) is 4. The molecule has 1 aromatic heterocycles. The number of fused-ring (bicyclic) bond motifs is 2. The highest BCUT2D eigenvalue weighted by molar-refractivity contribution is 7.92. The number of aromatic hydroxyl groups is 1. The van der Waals surface area contributed by atoms with Crippen molar-refractivity contribution in [2.24, 2.45) is 0 Å². The normalized spacial score (nSPS) is 13.2. The number of benzene rings is 2. The van der Waals surface area contributed by atoms with Crippen molar-refractivity contribution in [1.29, 1.82) is 0 Å². The predicted molar refractivity (Wildman–Crippen MR) is 122 cm³/mol. The Morgan fingerprint density at radius 2 is 2.00 bits per heavy atom. The van der Waals surface area contributed by atoms with Crippen LogP contribution in [0.4, 0.5) is 10.1 Å². The van der Waals surface area contributed by atoms with E-state index in [1.54, 1.807) is 24.3 Å². The van der Waals surface area contributed by atoms with Crippen LogP contribution >= 0.6 is 0 Å². The first-order valence-electron chi connectivity index (χ1n) is 10.2. The van der Waals surface area contributed by atoms with E-state index in [1.165, 1.54) is 30.3 Å². The fourth-order valence-electron chi connectivity index (χ4n) is 4.03. The van der Waals surface area contributed by atoms with Gasteiger partial charge < -0.3 is 14.9 Å². The summed E-state index contributed by atoms with van der Waals surface area (Å²) in [5, 5.41) is 11.3. The molecule has 1 aliphatic heterocycles. The van der Waals surface area contributed by atoms with Gasteiger partial charge in [-0.1, -0.05) is 12.1 Å². The van der Waals surface area contributed by atoms with Crippen molar-refractivity contribution in [3.05, 3.63) is 76.5 Å². The molecule has 4 rings (SSSR count). The van der Waals surface area contributed by atoms with E-state index in [-0.39, 0.29) is 54.3 Å². The van der Waals surface area contributed by atoms with Crippen LogP contribution in [-0.4, -0.2) is 48.7 Å². The number of carbonyl (C=O) groups excluding carboxylic acids is 1. The minimum absolute atomic E-state index is 0.0153. The summed E-state index contributed by atoms with van der Waals surface area (Å²) in [6.45, 7) is 7.20. The van der Waals surface area contributed by atoms with Crippen LogP contribution in [0.1, 0.15) is 27.9 Å². The minimum atomic E-state index is -3.80. The van der Waals surface area contributed by atoms with Crippen LogP contribution in [0.15, 0.2) is 42.6 Å². The number of sulfonamides is 1. The number of aromatic nitrogens is 1. The average molecular weight is 469 g/mol. The van der Waals surface area contributed by atoms with E-state index in [0.717, 1.165) is 4.31 Å². The minimum Gasteiger partial charge on any atom is -0.505 e. The Kier molecular flexibility index (Phi) is 5.91. The molecule has 2 heterocycles. The van der Waals surface area contributed by atoms with Gasteiger partial charge in [-0.05, 0) is 29.8 Å². The van der Waals surface area contributed by atoms with Crippen molar-refractivity contribution in [1.82, 2.24) is 9.88 Å². The Balaban J connectivity index is 1.81. The maximum absolute atomic E-state index is 13.3. The fraction of sp³-hybridized carbons (Fsp3) is 0.261. The summed E-state index contributed by atoms with van der Waals surface area (Å²) in [5.74, 6) is -1.37. The van der Waals surface area contributed by atoms with Gasteiger partial charge in [0.1, 0.15) is 11.3 Å². The number of halogens is 1. The zero-order chi connectivity index (χ0) is 23.8. The lowest BCUT2D eigenvalue weighted by Gasteiger charge is -2.24. The topological polar surface area (TPSA) is 95.2 Å². The Labute approximate surface area is 190 Å². The van der Waals surface area contributed by atoms with E-state index in [0.29, 0.717) is 16.5 Å². The van der Waals surface area contributed by atoms with Crippen molar-refractivity contribution >= 4 is 32.5 Å². The van der Waals surface area contributed by atoms with Crippen LogP contribution in [-0.2, 0) is 23.1 Å². The maximum Gasteiger partial charge on any atom is 0.258 e. The first-order chi connectivity index (χ1) is 15.7. The smallest absolute Gasteiger partial charge is 0.258 e. The Morgan fingerprint density at radius 3 is 2.70 bits per heavy atom. The van der Waals surface area contributed by atoms with E-state index in [9.17, 15) is 22.7 Å². The first kappa shape index (κ1) is 22.5. The number of amides is 1. The van der Waals surface area contributed by atoms with Crippen molar-refractivity contribution < 1.29 is 22.7 Å². The van der Waals surface area contributed by atoms with Gasteiger partial charge in [0.25, 0.3) is 5.91 Å². The number of carbonyl (C=O) groups is 1. The summed E-state index contributed by atoms with van der Waals surface area (Å²) in [6.07, 6.45) is 1.64. The lowest BCUT2D eigenvalue weighted by Crippen LogP contribution is -2.30. The molecule has 8 nitrogen and oxygen atoms in total. The van der Waals surface area contributed by atoms with E-state index >= 15 is 0 Å². The molecule has 0 atom stereocenters. The van der Waals surface area contributed by atoms with Gasteiger partial charge in [-0.3, -0.25) is 14.1 Å². The largest absolute Gasteiger partial charge is 0.505 e. The third kappa shape index (κ3) is 4.07. The van der Waals surface area contributed by atoms with Crippen molar-refractivity contribution in [3.63, 3.8) is 0 Å². The molecule has 1 N–H and O–H groups in total. The van der Waals surface area contributed by atoms with Gasteiger partial charge in [-0.15, -0.1) is 0 Å². The quantitative estimate of drug-likeness (QED) is 0.424. The SMILES string of the molecule is [C-]#[N+]CCCS(=O)(=O)N(C)c1c2c(c(O)c3ncccc13)C(=O)N(Cc1ccc(F)cc1)C2. The van der Waals surface area contributed by atoms with E-state index in [1.807, 2.05) is 0 Å². The molecule has 33 heavy (non-hydrogen) atoms. The lowest BCUT2D eigenvalue weighted by atomic mass is 10.0.